The maximum atomic E-state index is 12.9. The fourth-order valence-electron chi connectivity index (χ4n) is 3.23. The Balaban J connectivity index is 2.35. The highest BCUT2D eigenvalue weighted by Gasteiger charge is 2.24. The molecule has 1 heterocycles. The molecule has 29 heavy (non-hydrogen) atoms. The van der Waals surface area contributed by atoms with Crippen LogP contribution >= 0.6 is 11.3 Å². The van der Waals surface area contributed by atoms with Gasteiger partial charge in [-0.15, -0.1) is 11.3 Å². The minimum atomic E-state index is -0.425. The molecule has 0 aliphatic carbocycles. The molecule has 0 fully saturated rings. The number of anilines is 1. The lowest BCUT2D eigenvalue weighted by molar-refractivity contribution is 0.0528. The van der Waals surface area contributed by atoms with Gasteiger partial charge in [-0.3, -0.25) is 4.79 Å². The van der Waals surface area contributed by atoms with Crippen LogP contribution in [0.2, 0.25) is 0 Å². The maximum Gasteiger partial charge on any atom is 0.341 e. The average molecular weight is 418 g/mol. The molecule has 1 N–H and O–H groups in total. The topological polar surface area (TPSA) is 64.6 Å². The van der Waals surface area contributed by atoms with E-state index in [4.69, 9.17) is 9.47 Å². The first-order valence-corrected chi connectivity index (χ1v) is 10.8. The molecular weight excluding hydrogens is 386 g/mol. The molecular formula is C23H31NO4S. The highest BCUT2D eigenvalue weighted by atomic mass is 32.1. The van der Waals surface area contributed by atoms with Crippen LogP contribution in [0.25, 0.3) is 0 Å². The van der Waals surface area contributed by atoms with E-state index < -0.39 is 5.97 Å². The van der Waals surface area contributed by atoms with Crippen LogP contribution in [0.5, 0.6) is 5.75 Å². The number of esters is 1. The van der Waals surface area contributed by atoms with E-state index in [1.807, 2.05) is 19.1 Å². The van der Waals surface area contributed by atoms with Gasteiger partial charge in [-0.2, -0.15) is 0 Å². The Morgan fingerprint density at radius 2 is 1.79 bits per heavy atom. The summed E-state index contributed by atoms with van der Waals surface area (Å²) in [5, 5.41) is 3.41. The van der Waals surface area contributed by atoms with Crippen LogP contribution < -0.4 is 10.1 Å². The van der Waals surface area contributed by atoms with Gasteiger partial charge >= 0.3 is 5.97 Å². The Morgan fingerprint density at radius 3 is 2.41 bits per heavy atom. The van der Waals surface area contributed by atoms with Crippen molar-refractivity contribution in [3.63, 3.8) is 0 Å². The van der Waals surface area contributed by atoms with Gasteiger partial charge in [0.15, 0.2) is 0 Å². The number of ether oxygens (including phenoxy) is 2. The van der Waals surface area contributed by atoms with Crippen molar-refractivity contribution < 1.29 is 19.1 Å². The number of carbonyl (C=O) groups excluding carboxylic acids is 2. The van der Waals surface area contributed by atoms with Gasteiger partial charge in [-0.1, -0.05) is 39.8 Å². The van der Waals surface area contributed by atoms with Crippen LogP contribution in [0.3, 0.4) is 0 Å². The number of para-hydroxylation sites is 1. The predicted octanol–water partition coefficient (Wildman–Crippen LogP) is 6.12. The third-order valence-electron chi connectivity index (χ3n) is 4.31. The number of carbonyl (C=O) groups is 2. The van der Waals surface area contributed by atoms with Crippen molar-refractivity contribution >= 4 is 28.2 Å². The minimum Gasteiger partial charge on any atom is -0.493 e. The number of hydrogen-bond acceptors (Lipinski definition) is 5. The second-order valence-corrected chi connectivity index (χ2v) is 9.24. The molecule has 1 atom stereocenters. The first-order chi connectivity index (χ1) is 13.7. The summed E-state index contributed by atoms with van der Waals surface area (Å²) in [7, 11) is 0. The Kier molecular flexibility index (Phi) is 7.85. The van der Waals surface area contributed by atoms with Crippen LogP contribution in [-0.4, -0.2) is 25.1 Å². The van der Waals surface area contributed by atoms with Crippen LogP contribution in [0, 0.1) is 5.41 Å². The van der Waals surface area contributed by atoms with E-state index in [0.717, 1.165) is 11.3 Å². The quantitative estimate of drug-likeness (QED) is 0.526. The molecule has 6 heteroatoms. The molecule has 0 saturated carbocycles. The highest BCUT2D eigenvalue weighted by Crippen LogP contribution is 2.39. The van der Waals surface area contributed by atoms with Gasteiger partial charge in [0.25, 0.3) is 5.91 Å². The highest BCUT2D eigenvalue weighted by molar-refractivity contribution is 7.16. The average Bonchev–Trinajstić information content (AvgIpc) is 3.05. The van der Waals surface area contributed by atoms with Crippen molar-refractivity contribution in [2.75, 3.05) is 18.5 Å². The van der Waals surface area contributed by atoms with Crippen molar-refractivity contribution in [1.29, 1.82) is 0 Å². The Bertz CT molecular complexity index is 851. The SMILES string of the molecule is CCOC(=O)c1cc([C@@H](C)CC(C)(C)C)sc1NC(=O)c1ccccc1OCC. The summed E-state index contributed by atoms with van der Waals surface area (Å²) in [4.78, 5) is 26.4. The molecule has 0 bridgehead atoms. The number of amides is 1. The summed E-state index contributed by atoms with van der Waals surface area (Å²) in [6, 6.07) is 8.93. The van der Waals surface area contributed by atoms with Crippen LogP contribution in [0.15, 0.2) is 30.3 Å². The Morgan fingerprint density at radius 1 is 1.10 bits per heavy atom. The maximum absolute atomic E-state index is 12.9. The third kappa shape index (κ3) is 6.32. The number of rotatable bonds is 8. The zero-order valence-corrected chi connectivity index (χ0v) is 18.9. The lowest BCUT2D eigenvalue weighted by atomic mass is 9.85. The molecule has 158 valence electrons. The predicted molar refractivity (Wildman–Crippen MR) is 118 cm³/mol. The number of benzene rings is 1. The van der Waals surface area contributed by atoms with Crippen LogP contribution in [-0.2, 0) is 4.74 Å². The lowest BCUT2D eigenvalue weighted by Gasteiger charge is -2.22. The van der Waals surface area contributed by atoms with E-state index in [1.165, 1.54) is 11.3 Å². The summed E-state index contributed by atoms with van der Waals surface area (Å²) in [6.45, 7) is 13.1. The standard InChI is InChI=1S/C23H31NO4S/c1-7-27-18-12-10-9-11-16(18)20(25)24-21-17(22(26)28-8-2)13-19(29-21)15(3)14-23(4,5)6/h9-13,15H,7-8,14H2,1-6H3,(H,24,25)/t15-/m0/s1. The first-order valence-electron chi connectivity index (χ1n) is 10.00. The fraction of sp³-hybridized carbons (Fsp3) is 0.478. The molecule has 0 aliphatic rings. The summed E-state index contributed by atoms with van der Waals surface area (Å²) in [5.74, 6) is 0.0421. The van der Waals surface area contributed by atoms with E-state index in [-0.39, 0.29) is 23.8 Å². The third-order valence-corrected chi connectivity index (χ3v) is 5.59. The zero-order chi connectivity index (χ0) is 21.6. The van der Waals surface area contributed by atoms with Gasteiger partial charge in [0, 0.05) is 4.88 Å². The zero-order valence-electron chi connectivity index (χ0n) is 18.1. The molecule has 2 rings (SSSR count). The minimum absolute atomic E-state index is 0.160. The van der Waals surface area contributed by atoms with Gasteiger partial charge in [-0.05, 0) is 49.8 Å². The first kappa shape index (κ1) is 22.9. The molecule has 5 nitrogen and oxygen atoms in total. The van der Waals surface area contributed by atoms with Crippen molar-refractivity contribution in [1.82, 2.24) is 0 Å². The largest absolute Gasteiger partial charge is 0.493 e. The molecule has 0 spiro atoms. The van der Waals surface area contributed by atoms with Crippen molar-refractivity contribution in [3.8, 4) is 5.75 Å². The molecule has 0 saturated heterocycles. The second kappa shape index (κ2) is 9.92. The van der Waals surface area contributed by atoms with E-state index in [9.17, 15) is 9.59 Å². The van der Waals surface area contributed by atoms with E-state index in [2.05, 4.69) is 33.0 Å². The smallest absolute Gasteiger partial charge is 0.341 e. The van der Waals surface area contributed by atoms with E-state index in [1.54, 1.807) is 25.1 Å². The molecule has 1 aromatic heterocycles. The normalized spacial score (nSPS) is 12.3. The van der Waals surface area contributed by atoms with E-state index >= 15 is 0 Å². The molecule has 2 aromatic rings. The van der Waals surface area contributed by atoms with E-state index in [0.29, 0.717) is 28.5 Å². The number of nitrogens with one attached hydrogen (secondary N) is 1. The second-order valence-electron chi connectivity index (χ2n) is 8.16. The van der Waals surface area contributed by atoms with Crippen LogP contribution in [0.4, 0.5) is 5.00 Å². The summed E-state index contributed by atoms with van der Waals surface area (Å²) < 4.78 is 10.8. The van der Waals surface area contributed by atoms with Crippen molar-refractivity contribution in [3.05, 3.63) is 46.3 Å². The van der Waals surface area contributed by atoms with Gasteiger partial charge in [-0.25, -0.2) is 4.79 Å². The van der Waals surface area contributed by atoms with Gasteiger partial charge in [0.2, 0.25) is 0 Å². The summed E-state index contributed by atoms with van der Waals surface area (Å²) >= 11 is 1.43. The molecule has 1 amide bonds. The fourth-order valence-corrected chi connectivity index (χ4v) is 4.32. The Labute approximate surface area is 177 Å². The molecule has 0 aliphatic heterocycles. The van der Waals surface area contributed by atoms with Crippen LogP contribution in [0.1, 0.15) is 79.5 Å². The van der Waals surface area contributed by atoms with Gasteiger partial charge in [0.1, 0.15) is 10.8 Å². The number of thiophene rings is 1. The van der Waals surface area contributed by atoms with Crippen molar-refractivity contribution in [2.24, 2.45) is 5.41 Å². The summed E-state index contributed by atoms with van der Waals surface area (Å²) in [5.41, 5.74) is 0.990. The van der Waals surface area contributed by atoms with Gasteiger partial charge in [0.05, 0.1) is 24.3 Å². The lowest BCUT2D eigenvalue weighted by Crippen LogP contribution is -2.15. The monoisotopic (exact) mass is 417 g/mol. The molecule has 0 radical (unpaired) electrons. The molecule has 0 unspecified atom stereocenters. The summed E-state index contributed by atoms with van der Waals surface area (Å²) in [6.07, 6.45) is 0.969. The van der Waals surface area contributed by atoms with Gasteiger partial charge < -0.3 is 14.8 Å². The Hall–Kier alpha value is -2.34. The molecule has 1 aromatic carbocycles. The number of hydrogen-bond donors (Lipinski definition) is 1. The van der Waals surface area contributed by atoms with Crippen molar-refractivity contribution in [2.45, 2.75) is 53.9 Å².